The first-order valence-corrected chi connectivity index (χ1v) is 11.5. The largest absolute Gasteiger partial charge is 0.481 e. The van der Waals surface area contributed by atoms with Crippen molar-refractivity contribution in [1.82, 2.24) is 10.6 Å². The molecule has 2 unspecified atom stereocenters. The van der Waals surface area contributed by atoms with Gasteiger partial charge in [-0.15, -0.1) is 0 Å². The summed E-state index contributed by atoms with van der Waals surface area (Å²) in [4.78, 5) is 35.3. The quantitative estimate of drug-likeness (QED) is 0.475. The van der Waals surface area contributed by atoms with Crippen molar-refractivity contribution >= 4 is 18.0 Å². The Balaban J connectivity index is 1.44. The van der Waals surface area contributed by atoms with Crippen LogP contribution in [0.5, 0.6) is 0 Å². The van der Waals surface area contributed by atoms with Gasteiger partial charge in [0, 0.05) is 25.4 Å². The Labute approximate surface area is 194 Å². The van der Waals surface area contributed by atoms with E-state index in [2.05, 4.69) is 34.9 Å². The standard InChI is InChI=1S/C26H32N2O5/c1-3-18(14-24(29)27-13-12-17(2)25(30)31)15-28-26(32)33-16-23-21-10-6-4-8-19(21)20-9-5-7-11-22(20)23/h4-11,17-18,23H,3,12-16H2,1-2H3,(H,27,29)(H,28,32)(H,30,31). The van der Waals surface area contributed by atoms with Gasteiger partial charge in [0.25, 0.3) is 0 Å². The number of hydrogen-bond donors (Lipinski definition) is 3. The highest BCUT2D eigenvalue weighted by molar-refractivity contribution is 5.79. The smallest absolute Gasteiger partial charge is 0.407 e. The van der Waals surface area contributed by atoms with Crippen LogP contribution in [0.2, 0.25) is 0 Å². The first-order chi connectivity index (χ1) is 15.9. The topological polar surface area (TPSA) is 105 Å². The van der Waals surface area contributed by atoms with Gasteiger partial charge < -0.3 is 20.5 Å². The molecule has 1 aliphatic carbocycles. The Bertz CT molecular complexity index is 945. The summed E-state index contributed by atoms with van der Waals surface area (Å²) >= 11 is 0. The Morgan fingerprint density at radius 1 is 1.00 bits per heavy atom. The maximum absolute atomic E-state index is 12.4. The van der Waals surface area contributed by atoms with Crippen LogP contribution in [0.4, 0.5) is 4.79 Å². The maximum Gasteiger partial charge on any atom is 0.407 e. The van der Waals surface area contributed by atoms with Crippen LogP contribution >= 0.6 is 0 Å². The normalized spacial score (nSPS) is 14.0. The van der Waals surface area contributed by atoms with Crippen molar-refractivity contribution < 1.29 is 24.2 Å². The molecule has 0 bridgehead atoms. The fourth-order valence-electron chi connectivity index (χ4n) is 4.12. The summed E-state index contributed by atoms with van der Waals surface area (Å²) in [6.45, 7) is 4.49. The van der Waals surface area contributed by atoms with Crippen LogP contribution < -0.4 is 10.6 Å². The van der Waals surface area contributed by atoms with E-state index in [-0.39, 0.29) is 30.8 Å². The fourth-order valence-corrected chi connectivity index (χ4v) is 4.12. The van der Waals surface area contributed by atoms with Crippen LogP contribution in [0, 0.1) is 11.8 Å². The number of fused-ring (bicyclic) bond motifs is 3. The van der Waals surface area contributed by atoms with Crippen LogP contribution in [-0.2, 0) is 14.3 Å². The molecule has 0 fully saturated rings. The number of carboxylic acid groups (broad SMARTS) is 1. The highest BCUT2D eigenvalue weighted by Gasteiger charge is 2.29. The number of carboxylic acids is 1. The van der Waals surface area contributed by atoms with Gasteiger partial charge in [-0.25, -0.2) is 4.79 Å². The molecule has 7 nitrogen and oxygen atoms in total. The van der Waals surface area contributed by atoms with Crippen LogP contribution in [0.25, 0.3) is 11.1 Å². The Hall–Kier alpha value is -3.35. The number of hydrogen-bond acceptors (Lipinski definition) is 4. The number of rotatable bonds is 11. The highest BCUT2D eigenvalue weighted by atomic mass is 16.5. The highest BCUT2D eigenvalue weighted by Crippen LogP contribution is 2.44. The molecule has 1 aliphatic rings. The van der Waals surface area contributed by atoms with E-state index in [0.29, 0.717) is 19.5 Å². The summed E-state index contributed by atoms with van der Waals surface area (Å²) in [5.74, 6) is -1.54. The lowest BCUT2D eigenvalue weighted by molar-refractivity contribution is -0.141. The predicted octanol–water partition coefficient (Wildman–Crippen LogP) is 4.17. The molecule has 7 heteroatoms. The van der Waals surface area contributed by atoms with E-state index in [0.717, 1.165) is 17.5 Å². The number of nitrogens with one attached hydrogen (secondary N) is 2. The van der Waals surface area contributed by atoms with Crippen LogP contribution in [-0.4, -0.2) is 42.8 Å². The number of benzene rings is 2. The minimum atomic E-state index is -0.872. The summed E-state index contributed by atoms with van der Waals surface area (Å²) < 4.78 is 5.55. The van der Waals surface area contributed by atoms with Crippen molar-refractivity contribution in [2.24, 2.45) is 11.8 Å². The molecule has 3 rings (SSSR count). The Morgan fingerprint density at radius 3 is 2.18 bits per heavy atom. The monoisotopic (exact) mass is 452 g/mol. The first-order valence-electron chi connectivity index (χ1n) is 11.5. The molecule has 3 N–H and O–H groups in total. The van der Waals surface area contributed by atoms with E-state index in [1.54, 1.807) is 6.92 Å². The SMILES string of the molecule is CCC(CNC(=O)OCC1c2ccccc2-c2ccccc21)CC(=O)NCCC(C)C(=O)O. The van der Waals surface area contributed by atoms with Crippen molar-refractivity contribution in [3.8, 4) is 11.1 Å². The lowest BCUT2D eigenvalue weighted by atomic mass is 9.98. The molecule has 0 spiro atoms. The number of amides is 2. The summed E-state index contributed by atoms with van der Waals surface area (Å²) in [5, 5.41) is 14.4. The summed E-state index contributed by atoms with van der Waals surface area (Å²) in [5.41, 5.74) is 4.67. The van der Waals surface area contributed by atoms with E-state index in [4.69, 9.17) is 9.84 Å². The zero-order chi connectivity index (χ0) is 23.8. The van der Waals surface area contributed by atoms with Gasteiger partial charge in [0.05, 0.1) is 5.92 Å². The average Bonchev–Trinajstić information content (AvgIpc) is 3.14. The predicted molar refractivity (Wildman–Crippen MR) is 126 cm³/mol. The molecule has 0 aromatic heterocycles. The van der Waals surface area contributed by atoms with Gasteiger partial charge in [0.1, 0.15) is 6.61 Å². The Kier molecular flexibility index (Phi) is 8.46. The second-order valence-corrected chi connectivity index (χ2v) is 8.56. The minimum absolute atomic E-state index is 0.00379. The Morgan fingerprint density at radius 2 is 1.61 bits per heavy atom. The third-order valence-corrected chi connectivity index (χ3v) is 6.25. The van der Waals surface area contributed by atoms with Crippen LogP contribution in [0.15, 0.2) is 48.5 Å². The van der Waals surface area contributed by atoms with E-state index in [1.807, 2.05) is 31.2 Å². The third kappa shape index (κ3) is 6.34. The fraction of sp³-hybridized carbons (Fsp3) is 0.423. The second kappa shape index (κ2) is 11.5. The van der Waals surface area contributed by atoms with Gasteiger partial charge in [-0.2, -0.15) is 0 Å². The minimum Gasteiger partial charge on any atom is -0.481 e. The molecule has 2 amide bonds. The van der Waals surface area contributed by atoms with Gasteiger partial charge in [-0.05, 0) is 34.6 Å². The zero-order valence-corrected chi connectivity index (χ0v) is 19.2. The van der Waals surface area contributed by atoms with Gasteiger partial charge in [-0.1, -0.05) is 68.8 Å². The van der Waals surface area contributed by atoms with Crippen molar-refractivity contribution in [3.05, 3.63) is 59.7 Å². The van der Waals surface area contributed by atoms with E-state index >= 15 is 0 Å². The summed E-state index contributed by atoms with van der Waals surface area (Å²) in [7, 11) is 0. The number of aliphatic carboxylic acids is 1. The number of carbonyl (C=O) groups excluding carboxylic acids is 2. The van der Waals surface area contributed by atoms with Crippen molar-refractivity contribution in [2.75, 3.05) is 19.7 Å². The molecule has 2 aromatic carbocycles. The lowest BCUT2D eigenvalue weighted by Crippen LogP contribution is -2.34. The van der Waals surface area contributed by atoms with Crippen LogP contribution in [0.3, 0.4) is 0 Å². The van der Waals surface area contributed by atoms with Crippen molar-refractivity contribution in [2.45, 2.75) is 39.0 Å². The molecule has 0 saturated heterocycles. The molecule has 0 saturated carbocycles. The van der Waals surface area contributed by atoms with Crippen molar-refractivity contribution in [3.63, 3.8) is 0 Å². The number of carbonyl (C=O) groups is 3. The third-order valence-electron chi connectivity index (χ3n) is 6.25. The molecule has 33 heavy (non-hydrogen) atoms. The van der Waals surface area contributed by atoms with Crippen molar-refractivity contribution in [1.29, 1.82) is 0 Å². The lowest BCUT2D eigenvalue weighted by Gasteiger charge is -2.17. The molecule has 0 radical (unpaired) electrons. The summed E-state index contributed by atoms with van der Waals surface area (Å²) in [6.07, 6.45) is 0.881. The van der Waals surface area contributed by atoms with Gasteiger partial charge >= 0.3 is 12.1 Å². The molecule has 176 valence electrons. The summed E-state index contributed by atoms with van der Waals surface area (Å²) in [6, 6.07) is 16.3. The van der Waals surface area contributed by atoms with E-state index in [1.165, 1.54) is 11.1 Å². The molecular formula is C26H32N2O5. The first kappa shape index (κ1) is 24.3. The second-order valence-electron chi connectivity index (χ2n) is 8.56. The molecular weight excluding hydrogens is 420 g/mol. The zero-order valence-electron chi connectivity index (χ0n) is 19.2. The van der Waals surface area contributed by atoms with Gasteiger partial charge in [-0.3, -0.25) is 9.59 Å². The van der Waals surface area contributed by atoms with E-state index in [9.17, 15) is 14.4 Å². The number of alkyl carbamates (subject to hydrolysis) is 1. The number of ether oxygens (including phenoxy) is 1. The average molecular weight is 453 g/mol. The molecule has 0 aliphatic heterocycles. The van der Waals surface area contributed by atoms with Gasteiger partial charge in [0.15, 0.2) is 0 Å². The molecule has 2 atom stereocenters. The molecule has 0 heterocycles. The van der Waals surface area contributed by atoms with Crippen LogP contribution in [0.1, 0.15) is 50.2 Å². The molecule has 2 aromatic rings. The van der Waals surface area contributed by atoms with E-state index < -0.39 is 18.0 Å². The maximum atomic E-state index is 12.4. The van der Waals surface area contributed by atoms with Gasteiger partial charge in [0.2, 0.25) is 5.91 Å².